The summed E-state index contributed by atoms with van der Waals surface area (Å²) in [7, 11) is 0. The number of guanidine groups is 1. The van der Waals surface area contributed by atoms with E-state index < -0.39 is 0 Å². The van der Waals surface area contributed by atoms with E-state index in [1.165, 1.54) is 11.1 Å². The molecule has 0 aliphatic carbocycles. The molecule has 0 spiro atoms. The number of nitrogens with zero attached hydrogens (tertiary/aromatic N) is 2. The Morgan fingerprint density at radius 3 is 2.37 bits per heavy atom. The standard InChI is InChI=1S/C23H39N5O2/c1-7-24-22(26-13-21(29)27-23(4,5)6)25-12-19-10-8-9-11-20(19)16-28-14-17(2)30-18(3)15-28/h8-11,17-18H,7,12-16H2,1-6H3,(H,27,29)(H2,24,25,26). The van der Waals surface area contributed by atoms with Crippen LogP contribution in [-0.4, -0.2) is 60.7 Å². The van der Waals surface area contributed by atoms with E-state index >= 15 is 0 Å². The average Bonchev–Trinajstić information content (AvgIpc) is 2.63. The number of nitrogens with one attached hydrogen (secondary N) is 3. The number of rotatable bonds is 7. The Labute approximate surface area is 181 Å². The molecule has 0 bridgehead atoms. The van der Waals surface area contributed by atoms with Crippen LogP contribution in [0.1, 0.15) is 52.7 Å². The second-order valence-electron chi connectivity index (χ2n) is 9.07. The van der Waals surface area contributed by atoms with E-state index in [2.05, 4.69) is 59.0 Å². The molecule has 1 aromatic carbocycles. The molecule has 7 heteroatoms. The van der Waals surface area contributed by atoms with Crippen molar-refractivity contribution >= 4 is 11.9 Å². The Hall–Kier alpha value is -2.12. The molecule has 3 N–H and O–H groups in total. The van der Waals surface area contributed by atoms with Crippen LogP contribution in [0.25, 0.3) is 0 Å². The fourth-order valence-electron chi connectivity index (χ4n) is 3.65. The number of aliphatic imine (C=N–C) groups is 1. The van der Waals surface area contributed by atoms with Gasteiger partial charge in [0.25, 0.3) is 0 Å². The van der Waals surface area contributed by atoms with E-state index in [9.17, 15) is 4.79 Å². The minimum Gasteiger partial charge on any atom is -0.373 e. The quantitative estimate of drug-likeness (QED) is 0.469. The predicted octanol–water partition coefficient (Wildman–Crippen LogP) is 2.27. The topological polar surface area (TPSA) is 78.0 Å². The van der Waals surface area contributed by atoms with Crippen LogP contribution in [0.5, 0.6) is 0 Å². The van der Waals surface area contributed by atoms with Crippen LogP contribution in [0.4, 0.5) is 0 Å². The number of amides is 1. The van der Waals surface area contributed by atoms with E-state index in [0.717, 1.165) is 26.2 Å². The first kappa shape index (κ1) is 24.2. The second-order valence-corrected chi connectivity index (χ2v) is 9.07. The summed E-state index contributed by atoms with van der Waals surface area (Å²) >= 11 is 0. The van der Waals surface area contributed by atoms with Crippen LogP contribution >= 0.6 is 0 Å². The molecule has 1 saturated heterocycles. The van der Waals surface area contributed by atoms with Gasteiger partial charge < -0.3 is 20.7 Å². The molecular formula is C23H39N5O2. The normalized spacial score (nSPS) is 20.7. The maximum Gasteiger partial charge on any atom is 0.239 e. The minimum atomic E-state index is -0.248. The largest absolute Gasteiger partial charge is 0.373 e. The van der Waals surface area contributed by atoms with E-state index in [1.807, 2.05) is 27.7 Å². The molecule has 0 radical (unpaired) electrons. The minimum absolute atomic E-state index is 0.0518. The SMILES string of the molecule is CCNC(=NCc1ccccc1CN1CC(C)OC(C)C1)NCC(=O)NC(C)(C)C. The van der Waals surface area contributed by atoms with Gasteiger partial charge in [-0.1, -0.05) is 24.3 Å². The Morgan fingerprint density at radius 2 is 1.77 bits per heavy atom. The molecule has 2 atom stereocenters. The predicted molar refractivity (Wildman–Crippen MR) is 122 cm³/mol. The van der Waals surface area contributed by atoms with Crippen molar-refractivity contribution in [1.82, 2.24) is 20.9 Å². The van der Waals surface area contributed by atoms with Crippen molar-refractivity contribution in [3.05, 3.63) is 35.4 Å². The van der Waals surface area contributed by atoms with Gasteiger partial charge in [-0.05, 0) is 52.7 Å². The third-order valence-electron chi connectivity index (χ3n) is 4.69. The average molecular weight is 418 g/mol. The highest BCUT2D eigenvalue weighted by molar-refractivity contribution is 5.86. The highest BCUT2D eigenvalue weighted by Crippen LogP contribution is 2.17. The van der Waals surface area contributed by atoms with Crippen molar-refractivity contribution in [2.24, 2.45) is 4.99 Å². The van der Waals surface area contributed by atoms with Crippen molar-refractivity contribution < 1.29 is 9.53 Å². The van der Waals surface area contributed by atoms with E-state index in [1.54, 1.807) is 0 Å². The van der Waals surface area contributed by atoms with Crippen molar-refractivity contribution in [1.29, 1.82) is 0 Å². The van der Waals surface area contributed by atoms with Gasteiger partial charge in [-0.3, -0.25) is 9.69 Å². The van der Waals surface area contributed by atoms with Gasteiger partial charge in [-0.25, -0.2) is 4.99 Å². The fourth-order valence-corrected chi connectivity index (χ4v) is 3.65. The van der Waals surface area contributed by atoms with Crippen molar-refractivity contribution in [2.45, 2.75) is 72.4 Å². The molecule has 1 fully saturated rings. The first-order valence-electron chi connectivity index (χ1n) is 10.9. The van der Waals surface area contributed by atoms with Crippen molar-refractivity contribution in [3.8, 4) is 0 Å². The number of carbonyl (C=O) groups excluding carboxylic acids is 1. The lowest BCUT2D eigenvalue weighted by Crippen LogP contribution is -2.48. The molecule has 1 aromatic rings. The summed E-state index contributed by atoms with van der Waals surface area (Å²) in [6.45, 7) is 16.4. The monoisotopic (exact) mass is 417 g/mol. The lowest BCUT2D eigenvalue weighted by Gasteiger charge is -2.35. The zero-order chi connectivity index (χ0) is 22.1. The maximum absolute atomic E-state index is 12.1. The van der Waals surface area contributed by atoms with Gasteiger partial charge in [-0.15, -0.1) is 0 Å². The van der Waals surface area contributed by atoms with Gasteiger partial charge in [0, 0.05) is 31.7 Å². The zero-order valence-electron chi connectivity index (χ0n) is 19.4. The highest BCUT2D eigenvalue weighted by Gasteiger charge is 2.22. The molecule has 1 aliphatic heterocycles. The third kappa shape index (κ3) is 8.71. The molecule has 7 nitrogen and oxygen atoms in total. The Kier molecular flexibility index (Phi) is 9.11. The maximum atomic E-state index is 12.1. The molecule has 30 heavy (non-hydrogen) atoms. The zero-order valence-corrected chi connectivity index (χ0v) is 19.4. The summed E-state index contributed by atoms with van der Waals surface area (Å²) < 4.78 is 5.85. The fraction of sp³-hybridized carbons (Fsp3) is 0.652. The molecule has 2 rings (SSSR count). The van der Waals surface area contributed by atoms with Crippen LogP contribution in [0.2, 0.25) is 0 Å². The van der Waals surface area contributed by atoms with Crippen LogP contribution in [0, 0.1) is 0 Å². The number of ether oxygens (including phenoxy) is 1. The van der Waals surface area contributed by atoms with Gasteiger partial charge in [0.1, 0.15) is 0 Å². The van der Waals surface area contributed by atoms with Crippen molar-refractivity contribution in [3.63, 3.8) is 0 Å². The number of hydrogen-bond acceptors (Lipinski definition) is 4. The van der Waals surface area contributed by atoms with Gasteiger partial charge in [0.15, 0.2) is 5.96 Å². The van der Waals surface area contributed by atoms with E-state index in [4.69, 9.17) is 9.73 Å². The summed E-state index contributed by atoms with van der Waals surface area (Å²) in [5, 5.41) is 9.29. The van der Waals surface area contributed by atoms with Crippen LogP contribution in [0.3, 0.4) is 0 Å². The van der Waals surface area contributed by atoms with Crippen LogP contribution in [-0.2, 0) is 22.6 Å². The smallest absolute Gasteiger partial charge is 0.239 e. The number of benzene rings is 1. The summed E-state index contributed by atoms with van der Waals surface area (Å²) in [5.41, 5.74) is 2.23. The third-order valence-corrected chi connectivity index (χ3v) is 4.69. The Morgan fingerprint density at radius 1 is 1.13 bits per heavy atom. The van der Waals surface area contributed by atoms with Gasteiger partial charge in [0.05, 0.1) is 25.3 Å². The molecule has 0 aromatic heterocycles. The first-order valence-corrected chi connectivity index (χ1v) is 10.9. The van der Waals surface area contributed by atoms with Gasteiger partial charge in [0.2, 0.25) is 5.91 Å². The number of carbonyl (C=O) groups is 1. The Balaban J connectivity index is 2.00. The first-order chi connectivity index (χ1) is 14.2. The summed E-state index contributed by atoms with van der Waals surface area (Å²) in [6, 6.07) is 8.43. The van der Waals surface area contributed by atoms with Crippen molar-refractivity contribution in [2.75, 3.05) is 26.2 Å². The summed E-state index contributed by atoms with van der Waals surface area (Å²) in [6.07, 6.45) is 0.505. The molecule has 2 unspecified atom stereocenters. The summed E-state index contributed by atoms with van der Waals surface area (Å²) in [4.78, 5) is 19.3. The lowest BCUT2D eigenvalue weighted by molar-refractivity contribution is -0.121. The number of hydrogen-bond donors (Lipinski definition) is 3. The van der Waals surface area contributed by atoms with E-state index in [0.29, 0.717) is 12.5 Å². The summed E-state index contributed by atoms with van der Waals surface area (Å²) in [5.74, 6) is 0.592. The van der Waals surface area contributed by atoms with Gasteiger partial charge >= 0.3 is 0 Å². The highest BCUT2D eigenvalue weighted by atomic mass is 16.5. The Bertz CT molecular complexity index is 704. The van der Waals surface area contributed by atoms with Gasteiger partial charge in [-0.2, -0.15) is 0 Å². The number of morpholine rings is 1. The molecule has 0 saturated carbocycles. The molecule has 1 heterocycles. The van der Waals surface area contributed by atoms with Crippen LogP contribution < -0.4 is 16.0 Å². The molecular weight excluding hydrogens is 378 g/mol. The van der Waals surface area contributed by atoms with E-state index in [-0.39, 0.29) is 30.2 Å². The molecule has 1 amide bonds. The lowest BCUT2D eigenvalue weighted by atomic mass is 10.1. The molecule has 168 valence electrons. The van der Waals surface area contributed by atoms with Crippen LogP contribution in [0.15, 0.2) is 29.3 Å². The molecule has 1 aliphatic rings. The second kappa shape index (κ2) is 11.3.